The number of carbonyl (C=O) groups is 1. The summed E-state index contributed by atoms with van der Waals surface area (Å²) in [4.78, 5) is 13.9. The lowest BCUT2D eigenvalue weighted by atomic mass is 9.88. The van der Waals surface area contributed by atoms with Crippen LogP contribution in [0.2, 0.25) is 0 Å². The van der Waals surface area contributed by atoms with Crippen LogP contribution in [0.5, 0.6) is 0 Å². The van der Waals surface area contributed by atoms with Crippen LogP contribution in [-0.2, 0) is 4.79 Å². The lowest BCUT2D eigenvalue weighted by Crippen LogP contribution is -2.51. The monoisotopic (exact) mass is 265 g/mol. The fourth-order valence-corrected chi connectivity index (χ4v) is 4.77. The zero-order valence-corrected chi connectivity index (χ0v) is 12.0. The second-order valence-corrected chi connectivity index (χ2v) is 7.29. The van der Waals surface area contributed by atoms with Crippen molar-refractivity contribution in [1.82, 2.24) is 4.90 Å². The Balaban J connectivity index is 1.54. The number of primary amides is 1. The lowest BCUT2D eigenvalue weighted by molar-refractivity contribution is -0.123. The minimum absolute atomic E-state index is 0.330. The van der Waals surface area contributed by atoms with E-state index in [0.29, 0.717) is 6.04 Å². The van der Waals surface area contributed by atoms with Gasteiger partial charge in [-0.2, -0.15) is 0 Å². The number of hydrogen-bond acceptors (Lipinski definition) is 3. The minimum Gasteiger partial charge on any atom is -0.368 e. The average molecular weight is 265 g/mol. The third kappa shape index (κ3) is 2.40. The molecule has 0 aliphatic heterocycles. The van der Waals surface area contributed by atoms with Crippen molar-refractivity contribution in [2.75, 3.05) is 13.6 Å². The zero-order chi connectivity index (χ0) is 13.6. The Hall–Kier alpha value is -0.610. The number of carbonyl (C=O) groups excluding carboxylic acids is 1. The molecule has 3 saturated carbocycles. The highest BCUT2D eigenvalue weighted by molar-refractivity contribution is 5.84. The number of nitrogens with zero attached hydrogens (tertiary/aromatic N) is 1. The van der Waals surface area contributed by atoms with Gasteiger partial charge in [0.15, 0.2) is 0 Å². The molecule has 1 amide bonds. The second kappa shape index (κ2) is 4.74. The van der Waals surface area contributed by atoms with Crippen LogP contribution in [0.1, 0.15) is 44.9 Å². The van der Waals surface area contributed by atoms with E-state index in [1.54, 1.807) is 0 Å². The van der Waals surface area contributed by atoms with Gasteiger partial charge in [0.25, 0.3) is 0 Å². The summed E-state index contributed by atoms with van der Waals surface area (Å²) in [7, 11) is 2.20. The summed E-state index contributed by atoms with van der Waals surface area (Å²) in [5.41, 5.74) is 10.8. The van der Waals surface area contributed by atoms with Crippen molar-refractivity contribution in [3.8, 4) is 0 Å². The van der Waals surface area contributed by atoms with E-state index in [-0.39, 0.29) is 5.91 Å². The van der Waals surface area contributed by atoms with Gasteiger partial charge in [-0.3, -0.25) is 4.79 Å². The maximum absolute atomic E-state index is 11.4. The van der Waals surface area contributed by atoms with Crippen molar-refractivity contribution < 1.29 is 4.79 Å². The predicted octanol–water partition coefficient (Wildman–Crippen LogP) is 1.09. The molecule has 3 rings (SSSR count). The van der Waals surface area contributed by atoms with Gasteiger partial charge in [-0.25, -0.2) is 0 Å². The molecule has 19 heavy (non-hydrogen) atoms. The number of fused-ring (bicyclic) bond motifs is 2. The van der Waals surface area contributed by atoms with E-state index in [0.717, 1.165) is 37.0 Å². The van der Waals surface area contributed by atoms with Crippen molar-refractivity contribution in [2.45, 2.75) is 56.5 Å². The standard InChI is InChI=1S/C15H27N3O/c1-18(9-12-7-10-2-3-11(12)6-10)13-4-5-15(17,8-13)14(16)19/h10-13H,2-9,17H2,1H3,(H2,16,19). The van der Waals surface area contributed by atoms with Crippen LogP contribution in [-0.4, -0.2) is 36.0 Å². The maximum Gasteiger partial charge on any atom is 0.237 e. The molecule has 3 fully saturated rings. The molecule has 0 aromatic rings. The second-order valence-electron chi connectivity index (χ2n) is 7.29. The molecule has 0 spiro atoms. The topological polar surface area (TPSA) is 72.3 Å². The SMILES string of the molecule is CN(CC1CC2CCC1C2)C1CCC(N)(C(N)=O)C1. The zero-order valence-electron chi connectivity index (χ0n) is 12.0. The van der Waals surface area contributed by atoms with E-state index in [1.807, 2.05) is 0 Å². The van der Waals surface area contributed by atoms with Gasteiger partial charge >= 0.3 is 0 Å². The Labute approximate surface area is 115 Å². The Bertz CT molecular complexity index is 372. The summed E-state index contributed by atoms with van der Waals surface area (Å²) in [5.74, 6) is 2.52. The number of amides is 1. The normalized spacial score (nSPS) is 45.2. The Morgan fingerprint density at radius 3 is 2.63 bits per heavy atom. The van der Waals surface area contributed by atoms with Gasteiger partial charge in [0.1, 0.15) is 0 Å². The van der Waals surface area contributed by atoms with Crippen molar-refractivity contribution in [1.29, 1.82) is 0 Å². The van der Waals surface area contributed by atoms with Gasteiger partial charge in [0, 0.05) is 12.6 Å². The van der Waals surface area contributed by atoms with Crippen LogP contribution in [0.15, 0.2) is 0 Å². The smallest absolute Gasteiger partial charge is 0.237 e. The van der Waals surface area contributed by atoms with Gasteiger partial charge < -0.3 is 16.4 Å². The molecule has 4 N–H and O–H groups in total. The van der Waals surface area contributed by atoms with Crippen molar-refractivity contribution in [3.63, 3.8) is 0 Å². The molecule has 0 aromatic carbocycles. The molecule has 0 heterocycles. The molecular formula is C15H27N3O. The lowest BCUT2D eigenvalue weighted by Gasteiger charge is -2.31. The number of hydrogen-bond donors (Lipinski definition) is 2. The maximum atomic E-state index is 11.4. The molecule has 4 nitrogen and oxygen atoms in total. The molecule has 5 atom stereocenters. The molecular weight excluding hydrogens is 238 g/mol. The third-order valence-corrected chi connectivity index (χ3v) is 6.04. The fourth-order valence-electron chi connectivity index (χ4n) is 4.77. The van der Waals surface area contributed by atoms with Crippen LogP contribution >= 0.6 is 0 Å². The van der Waals surface area contributed by atoms with E-state index in [1.165, 1.54) is 32.2 Å². The minimum atomic E-state index is -0.756. The molecule has 0 saturated heterocycles. The summed E-state index contributed by atoms with van der Waals surface area (Å²) in [5, 5.41) is 0. The van der Waals surface area contributed by atoms with E-state index >= 15 is 0 Å². The van der Waals surface area contributed by atoms with Crippen molar-refractivity contribution in [3.05, 3.63) is 0 Å². The quantitative estimate of drug-likeness (QED) is 0.799. The number of nitrogens with two attached hydrogens (primary N) is 2. The summed E-state index contributed by atoms with van der Waals surface area (Å²) in [6.45, 7) is 1.18. The van der Waals surface area contributed by atoms with Gasteiger partial charge in [0.05, 0.1) is 5.54 Å². The van der Waals surface area contributed by atoms with Crippen LogP contribution in [0.25, 0.3) is 0 Å². The van der Waals surface area contributed by atoms with E-state index < -0.39 is 5.54 Å². The first-order valence-electron chi connectivity index (χ1n) is 7.77. The van der Waals surface area contributed by atoms with Crippen LogP contribution < -0.4 is 11.5 Å². The molecule has 108 valence electrons. The summed E-state index contributed by atoms with van der Waals surface area (Å²) in [6.07, 6.45) is 8.28. The first kappa shape index (κ1) is 13.4. The third-order valence-electron chi connectivity index (χ3n) is 6.04. The Morgan fingerprint density at radius 1 is 1.32 bits per heavy atom. The van der Waals surface area contributed by atoms with E-state index in [9.17, 15) is 4.79 Å². The van der Waals surface area contributed by atoms with Gasteiger partial charge in [0.2, 0.25) is 5.91 Å². The van der Waals surface area contributed by atoms with E-state index in [2.05, 4.69) is 11.9 Å². The first-order valence-corrected chi connectivity index (χ1v) is 7.77. The molecule has 3 aliphatic carbocycles. The average Bonchev–Trinajstić information content (AvgIpc) is 3.04. The molecule has 3 aliphatic rings. The number of rotatable bonds is 4. The van der Waals surface area contributed by atoms with Crippen LogP contribution in [0, 0.1) is 17.8 Å². The molecule has 4 heteroatoms. The van der Waals surface area contributed by atoms with Gasteiger partial charge in [-0.1, -0.05) is 6.42 Å². The Morgan fingerprint density at radius 2 is 2.11 bits per heavy atom. The first-order chi connectivity index (χ1) is 8.98. The van der Waals surface area contributed by atoms with Gasteiger partial charge in [-0.15, -0.1) is 0 Å². The van der Waals surface area contributed by atoms with E-state index in [4.69, 9.17) is 11.5 Å². The predicted molar refractivity (Wildman–Crippen MR) is 75.3 cm³/mol. The van der Waals surface area contributed by atoms with Crippen LogP contribution in [0.4, 0.5) is 0 Å². The Kier molecular flexibility index (Phi) is 3.34. The molecule has 0 radical (unpaired) electrons. The van der Waals surface area contributed by atoms with Crippen molar-refractivity contribution >= 4 is 5.91 Å². The van der Waals surface area contributed by atoms with Gasteiger partial charge in [-0.05, 0) is 63.3 Å². The highest BCUT2D eigenvalue weighted by atomic mass is 16.1. The molecule has 0 aromatic heterocycles. The summed E-state index contributed by atoms with van der Waals surface area (Å²) < 4.78 is 0. The van der Waals surface area contributed by atoms with Crippen molar-refractivity contribution in [2.24, 2.45) is 29.2 Å². The fraction of sp³-hybridized carbons (Fsp3) is 0.933. The highest BCUT2D eigenvalue weighted by Gasteiger charge is 2.44. The highest BCUT2D eigenvalue weighted by Crippen LogP contribution is 2.48. The summed E-state index contributed by atoms with van der Waals surface area (Å²) >= 11 is 0. The summed E-state index contributed by atoms with van der Waals surface area (Å²) in [6, 6.07) is 0.441. The van der Waals surface area contributed by atoms with Crippen LogP contribution in [0.3, 0.4) is 0 Å². The largest absolute Gasteiger partial charge is 0.368 e. The molecule has 2 bridgehead atoms. The molecule has 5 unspecified atom stereocenters.